The Hall–Kier alpha value is -5.34. The predicted octanol–water partition coefficient (Wildman–Crippen LogP) is -3.09. The van der Waals surface area contributed by atoms with Crippen LogP contribution < -0.4 is 43.4 Å². The van der Waals surface area contributed by atoms with Crippen LogP contribution in [-0.4, -0.2) is 131 Å². The van der Waals surface area contributed by atoms with Gasteiger partial charge in [0, 0.05) is 19.9 Å². The summed E-state index contributed by atoms with van der Waals surface area (Å²) >= 11 is 0. The Morgan fingerprint density at radius 3 is 1.73 bits per heavy atom. The maximum atomic E-state index is 13.7. The molecule has 1 saturated heterocycles. The number of rotatable bonds is 21. The van der Waals surface area contributed by atoms with Crippen LogP contribution in [0.2, 0.25) is 0 Å². The summed E-state index contributed by atoms with van der Waals surface area (Å²) in [7, 11) is 0. The highest BCUT2D eigenvalue weighted by Gasteiger charge is 2.39. The number of aliphatic carboxylic acids is 2. The van der Waals surface area contributed by atoms with Crippen LogP contribution in [0.25, 0.3) is 0 Å². The van der Waals surface area contributed by atoms with Gasteiger partial charge in [-0.3, -0.25) is 47.9 Å². The Kier molecular flexibility index (Phi) is 22.5. The van der Waals surface area contributed by atoms with Crippen molar-refractivity contribution in [2.75, 3.05) is 26.2 Å². The van der Waals surface area contributed by atoms with Gasteiger partial charge < -0.3 is 58.5 Å². The molecule has 1 rings (SSSR count). The number of hydrogen-bond acceptors (Lipinski definition) is 11. The first-order valence-corrected chi connectivity index (χ1v) is 18.0. The number of nitrogens with zero attached hydrogens (tertiary/aromatic N) is 1. The first kappa shape index (κ1) is 49.7. The number of likely N-dealkylation sites (tertiary alicyclic amines) is 1. The minimum Gasteiger partial charge on any atom is -0.481 e. The third-order valence-electron chi connectivity index (χ3n) is 8.03. The standard InChI is InChI=1S/C32H55N9O10.C2H4O2/c1-16(2)12-20(38-30(49)26(17(3)4)39-24(44)14-35-23(43)13-33)28(47)40-27(18(5)6)31(50)37-19(9-10-22(34)42)32(51)41-11-7-8-21(41)29(48)36-15-25(45)46;1-2(3)4/h16-21,26-27H,7-15,33H2,1-6H3,(H2,34,42)(H,35,43)(H,36,48)(H,37,50)(H,38,49)(H,39,44)(H,40,47)(H,45,46);1H3,(H,3,4)/t19-,20?,21-,26-,27-;/m0./s1. The van der Waals surface area contributed by atoms with Gasteiger partial charge in [0.2, 0.25) is 47.3 Å². The smallest absolute Gasteiger partial charge is 0.322 e. The Bertz CT molecular complexity index is 1380. The molecule has 0 saturated carbocycles. The zero-order valence-corrected chi connectivity index (χ0v) is 32.6. The summed E-state index contributed by atoms with van der Waals surface area (Å²) in [5.41, 5.74) is 10.6. The third kappa shape index (κ3) is 19.5. The molecule has 12 N–H and O–H groups in total. The lowest BCUT2D eigenvalue weighted by molar-refractivity contribution is -0.143. The van der Waals surface area contributed by atoms with Gasteiger partial charge >= 0.3 is 5.97 Å². The summed E-state index contributed by atoms with van der Waals surface area (Å²) in [6.45, 7) is 10.2. The monoisotopic (exact) mass is 785 g/mol. The summed E-state index contributed by atoms with van der Waals surface area (Å²) in [6, 6.07) is -5.73. The molecule has 21 heteroatoms. The third-order valence-corrected chi connectivity index (χ3v) is 8.03. The molecule has 1 heterocycles. The van der Waals surface area contributed by atoms with E-state index in [1.165, 1.54) is 4.90 Å². The van der Waals surface area contributed by atoms with Crippen LogP contribution in [0, 0.1) is 17.8 Å². The number of hydrogen-bond donors (Lipinski definition) is 10. The predicted molar refractivity (Wildman–Crippen MR) is 196 cm³/mol. The summed E-state index contributed by atoms with van der Waals surface area (Å²) < 4.78 is 0. The van der Waals surface area contributed by atoms with E-state index in [1.807, 2.05) is 13.8 Å². The molecule has 0 aliphatic carbocycles. The lowest BCUT2D eigenvalue weighted by atomic mass is 9.98. The van der Waals surface area contributed by atoms with Crippen LogP contribution in [0.3, 0.4) is 0 Å². The molecule has 0 aromatic carbocycles. The van der Waals surface area contributed by atoms with E-state index < -0.39 is 114 Å². The topological polar surface area (TPSA) is 339 Å². The van der Waals surface area contributed by atoms with Crippen molar-refractivity contribution in [2.24, 2.45) is 29.2 Å². The molecule has 0 aromatic rings. The average Bonchev–Trinajstić information content (AvgIpc) is 3.57. The van der Waals surface area contributed by atoms with Gasteiger partial charge in [-0.1, -0.05) is 41.5 Å². The average molecular weight is 786 g/mol. The van der Waals surface area contributed by atoms with E-state index in [1.54, 1.807) is 27.7 Å². The zero-order chi connectivity index (χ0) is 42.6. The van der Waals surface area contributed by atoms with Crippen LogP contribution in [0.4, 0.5) is 0 Å². The molecule has 1 aliphatic rings. The Morgan fingerprint density at radius 1 is 0.727 bits per heavy atom. The highest BCUT2D eigenvalue weighted by atomic mass is 16.4. The van der Waals surface area contributed by atoms with Gasteiger partial charge in [0.05, 0.1) is 13.1 Å². The maximum absolute atomic E-state index is 13.7. The molecule has 0 spiro atoms. The van der Waals surface area contributed by atoms with Crippen molar-refractivity contribution >= 4 is 59.2 Å². The van der Waals surface area contributed by atoms with Crippen LogP contribution in [0.1, 0.15) is 80.6 Å². The van der Waals surface area contributed by atoms with Crippen molar-refractivity contribution in [2.45, 2.75) is 111 Å². The first-order valence-electron chi connectivity index (χ1n) is 18.0. The summed E-state index contributed by atoms with van der Waals surface area (Å²) in [6.07, 6.45) is 0.369. The molecule has 1 aliphatic heterocycles. The number of carboxylic acid groups (broad SMARTS) is 2. The van der Waals surface area contributed by atoms with E-state index >= 15 is 0 Å². The molecule has 312 valence electrons. The fourth-order valence-corrected chi connectivity index (χ4v) is 5.35. The van der Waals surface area contributed by atoms with Gasteiger partial charge in [0.15, 0.2) is 0 Å². The minimum atomic E-state index is -1.31. The SMILES string of the molecule is CC(=O)O.CC(C)CC(NC(=O)[C@@H](NC(=O)CNC(=O)CN)C(C)C)C(=O)N[C@H](C(=O)N[C@@H](CCC(N)=O)C(=O)N1CCC[C@H]1C(=O)NCC(=O)O)C(C)C. The fraction of sp³-hybridized carbons (Fsp3) is 0.706. The quantitative estimate of drug-likeness (QED) is 0.0552. The van der Waals surface area contributed by atoms with Crippen molar-refractivity contribution in [3.8, 4) is 0 Å². The van der Waals surface area contributed by atoms with Gasteiger partial charge in [-0.15, -0.1) is 0 Å². The number of carbonyl (C=O) groups is 10. The van der Waals surface area contributed by atoms with Crippen molar-refractivity contribution in [1.29, 1.82) is 0 Å². The molecular formula is C34H59N9O12. The summed E-state index contributed by atoms with van der Waals surface area (Å²) in [4.78, 5) is 124. The van der Waals surface area contributed by atoms with Crippen molar-refractivity contribution in [3.05, 3.63) is 0 Å². The molecule has 1 unspecified atom stereocenters. The molecular weight excluding hydrogens is 726 g/mol. The minimum absolute atomic E-state index is 0.0946. The molecule has 5 atom stereocenters. The van der Waals surface area contributed by atoms with E-state index in [0.717, 1.165) is 6.92 Å². The van der Waals surface area contributed by atoms with Crippen molar-refractivity contribution < 1.29 is 58.2 Å². The highest BCUT2D eigenvalue weighted by molar-refractivity contribution is 5.97. The van der Waals surface area contributed by atoms with Crippen LogP contribution in [0.5, 0.6) is 0 Å². The summed E-state index contributed by atoms with van der Waals surface area (Å²) in [5.74, 6) is -8.57. The van der Waals surface area contributed by atoms with Crippen LogP contribution in [0.15, 0.2) is 0 Å². The van der Waals surface area contributed by atoms with E-state index in [9.17, 15) is 43.2 Å². The number of carbonyl (C=O) groups excluding carboxylic acids is 8. The number of carboxylic acids is 2. The van der Waals surface area contributed by atoms with Crippen molar-refractivity contribution in [1.82, 2.24) is 36.8 Å². The van der Waals surface area contributed by atoms with E-state index in [0.29, 0.717) is 6.42 Å². The lowest BCUT2D eigenvalue weighted by Gasteiger charge is -2.31. The summed E-state index contributed by atoms with van der Waals surface area (Å²) in [5, 5.41) is 31.4. The largest absolute Gasteiger partial charge is 0.481 e. The number of primary amides is 1. The van der Waals surface area contributed by atoms with Gasteiger partial charge in [-0.25, -0.2) is 0 Å². The Balaban J connectivity index is 0.00000692. The van der Waals surface area contributed by atoms with Gasteiger partial charge in [0.25, 0.3) is 5.97 Å². The molecule has 8 amide bonds. The second-order valence-corrected chi connectivity index (χ2v) is 14.1. The highest BCUT2D eigenvalue weighted by Crippen LogP contribution is 2.20. The van der Waals surface area contributed by atoms with E-state index in [4.69, 9.17) is 26.5 Å². The molecule has 1 fully saturated rings. The second-order valence-electron chi connectivity index (χ2n) is 14.1. The number of amides is 8. The molecule has 0 radical (unpaired) electrons. The van der Waals surface area contributed by atoms with Crippen LogP contribution in [-0.2, 0) is 47.9 Å². The normalized spacial score (nSPS) is 15.7. The van der Waals surface area contributed by atoms with E-state index in [2.05, 4.69) is 31.9 Å². The first-order chi connectivity index (χ1) is 25.5. The molecule has 0 aromatic heterocycles. The molecule has 21 nitrogen and oxygen atoms in total. The van der Waals surface area contributed by atoms with Gasteiger partial charge in [0.1, 0.15) is 36.8 Å². The zero-order valence-electron chi connectivity index (χ0n) is 32.6. The Morgan fingerprint density at radius 2 is 1.25 bits per heavy atom. The van der Waals surface area contributed by atoms with Gasteiger partial charge in [-0.2, -0.15) is 0 Å². The number of nitrogens with two attached hydrogens (primary N) is 2. The second kappa shape index (κ2) is 24.9. The van der Waals surface area contributed by atoms with Crippen molar-refractivity contribution in [3.63, 3.8) is 0 Å². The number of nitrogens with one attached hydrogen (secondary N) is 6. The lowest BCUT2D eigenvalue weighted by Crippen LogP contribution is -2.61. The Labute approximate surface area is 320 Å². The maximum Gasteiger partial charge on any atom is 0.322 e. The molecule has 55 heavy (non-hydrogen) atoms. The fourth-order valence-electron chi connectivity index (χ4n) is 5.35. The molecule has 0 bridgehead atoms. The van der Waals surface area contributed by atoms with Crippen LogP contribution >= 0.6 is 0 Å². The van der Waals surface area contributed by atoms with E-state index in [-0.39, 0.29) is 44.7 Å². The van der Waals surface area contributed by atoms with Gasteiger partial charge in [-0.05, 0) is 43.4 Å².